The number of esters is 2. The van der Waals surface area contributed by atoms with Gasteiger partial charge in [-0.2, -0.15) is 0 Å². The maximum absolute atomic E-state index is 11.5. The Kier molecular flexibility index (Phi) is 1.91. The van der Waals surface area contributed by atoms with Crippen LogP contribution >= 0.6 is 0 Å². The van der Waals surface area contributed by atoms with E-state index in [1.54, 1.807) is 6.92 Å². The summed E-state index contributed by atoms with van der Waals surface area (Å²) in [4.78, 5) is 22.9. The summed E-state index contributed by atoms with van der Waals surface area (Å²) in [5.41, 5.74) is 0.392. The van der Waals surface area contributed by atoms with Gasteiger partial charge in [-0.05, 0) is 19.8 Å². The number of ether oxygens (including phenoxy) is 2. The molecule has 0 aromatic carbocycles. The van der Waals surface area contributed by atoms with Crippen LogP contribution in [0.4, 0.5) is 0 Å². The Morgan fingerprint density at radius 2 is 2.25 bits per heavy atom. The van der Waals surface area contributed by atoms with E-state index in [4.69, 9.17) is 9.47 Å². The second-order valence-corrected chi connectivity index (χ2v) is 5.05. The zero-order chi connectivity index (χ0) is 11.4. The topological polar surface area (TPSA) is 52.6 Å². The number of rotatable bonds is 2. The summed E-state index contributed by atoms with van der Waals surface area (Å²) in [5.74, 6) is 0.161. The summed E-state index contributed by atoms with van der Waals surface area (Å²) in [6.45, 7) is 5.18. The smallest absolute Gasteiger partial charge is 0.333 e. The van der Waals surface area contributed by atoms with Gasteiger partial charge in [0.1, 0.15) is 12.2 Å². The molecule has 2 bridgehead atoms. The minimum Gasteiger partial charge on any atom is -0.458 e. The van der Waals surface area contributed by atoms with E-state index in [-0.39, 0.29) is 36.0 Å². The molecule has 1 heterocycles. The SMILES string of the molecule is C=C(C)C(=O)OC1C2CC3C1OC(=O)[C@H]3C2. The predicted molar refractivity (Wildman–Crippen MR) is 54.3 cm³/mol. The Balaban J connectivity index is 1.77. The zero-order valence-corrected chi connectivity index (χ0v) is 9.14. The summed E-state index contributed by atoms with van der Waals surface area (Å²) in [6, 6.07) is 0. The van der Waals surface area contributed by atoms with Gasteiger partial charge in [-0.15, -0.1) is 0 Å². The lowest BCUT2D eigenvalue weighted by atomic mass is 9.88. The van der Waals surface area contributed by atoms with Gasteiger partial charge in [-0.3, -0.25) is 4.79 Å². The highest BCUT2D eigenvalue weighted by Crippen LogP contribution is 2.55. The molecule has 3 aliphatic rings. The van der Waals surface area contributed by atoms with Gasteiger partial charge in [0.25, 0.3) is 0 Å². The van der Waals surface area contributed by atoms with Crippen molar-refractivity contribution in [3.63, 3.8) is 0 Å². The summed E-state index contributed by atoms with van der Waals surface area (Å²) in [6.07, 6.45) is 1.33. The van der Waals surface area contributed by atoms with Gasteiger partial charge in [0, 0.05) is 17.4 Å². The molecule has 2 saturated carbocycles. The average Bonchev–Trinajstić information content (AvgIpc) is 2.81. The fourth-order valence-electron chi connectivity index (χ4n) is 3.29. The fraction of sp³-hybridized carbons (Fsp3) is 0.667. The van der Waals surface area contributed by atoms with Crippen LogP contribution in [0.2, 0.25) is 0 Å². The molecule has 4 nitrogen and oxygen atoms in total. The van der Waals surface area contributed by atoms with Crippen molar-refractivity contribution >= 4 is 11.9 Å². The van der Waals surface area contributed by atoms with E-state index in [0.29, 0.717) is 11.5 Å². The highest BCUT2D eigenvalue weighted by molar-refractivity contribution is 5.87. The third-order valence-electron chi connectivity index (χ3n) is 4.01. The molecule has 3 fully saturated rings. The third-order valence-corrected chi connectivity index (χ3v) is 4.01. The van der Waals surface area contributed by atoms with E-state index in [1.165, 1.54) is 0 Å². The lowest BCUT2D eigenvalue weighted by Gasteiger charge is -2.25. The van der Waals surface area contributed by atoms with Crippen LogP contribution in [-0.4, -0.2) is 24.1 Å². The first-order chi connectivity index (χ1) is 7.58. The molecule has 1 saturated heterocycles. The highest BCUT2D eigenvalue weighted by atomic mass is 16.6. The fourth-order valence-corrected chi connectivity index (χ4v) is 3.29. The van der Waals surface area contributed by atoms with E-state index < -0.39 is 0 Å². The molecule has 4 heteroatoms. The van der Waals surface area contributed by atoms with E-state index in [9.17, 15) is 9.59 Å². The van der Waals surface area contributed by atoms with Crippen LogP contribution in [0.3, 0.4) is 0 Å². The highest BCUT2D eigenvalue weighted by Gasteiger charge is 2.63. The first-order valence-electron chi connectivity index (χ1n) is 5.65. The predicted octanol–water partition coefficient (Wildman–Crippen LogP) is 1.06. The van der Waals surface area contributed by atoms with Gasteiger partial charge < -0.3 is 9.47 Å². The van der Waals surface area contributed by atoms with Crippen molar-refractivity contribution in [2.45, 2.75) is 32.0 Å². The standard InChI is InChI=1S/C12H14O4/c1-5(2)11(13)15-9-6-3-7-8(4-6)12(14)16-10(7)9/h6-10H,1,3-4H2,2H3/t6?,7?,8-,9?,10?/m0/s1. The lowest BCUT2D eigenvalue weighted by molar-refractivity contribution is -0.158. The van der Waals surface area contributed by atoms with Gasteiger partial charge in [-0.1, -0.05) is 6.58 Å². The molecule has 0 radical (unpaired) electrons. The minimum atomic E-state index is -0.378. The van der Waals surface area contributed by atoms with Crippen LogP contribution in [0.25, 0.3) is 0 Å². The zero-order valence-electron chi connectivity index (χ0n) is 9.14. The third kappa shape index (κ3) is 1.16. The summed E-state index contributed by atoms with van der Waals surface area (Å²) >= 11 is 0. The van der Waals surface area contributed by atoms with Crippen LogP contribution in [0.1, 0.15) is 19.8 Å². The Labute approximate surface area is 93.6 Å². The summed E-state index contributed by atoms with van der Waals surface area (Å²) < 4.78 is 10.7. The minimum absolute atomic E-state index is 0.0646. The van der Waals surface area contributed by atoms with Crippen LogP contribution in [-0.2, 0) is 19.1 Å². The number of hydrogen-bond donors (Lipinski definition) is 0. The van der Waals surface area contributed by atoms with E-state index >= 15 is 0 Å². The maximum Gasteiger partial charge on any atom is 0.333 e. The van der Waals surface area contributed by atoms with Crippen LogP contribution in [0.5, 0.6) is 0 Å². The molecule has 0 aromatic rings. The molecule has 2 aliphatic carbocycles. The van der Waals surface area contributed by atoms with Crippen molar-refractivity contribution in [3.8, 4) is 0 Å². The molecule has 3 rings (SSSR count). The van der Waals surface area contributed by atoms with E-state index in [2.05, 4.69) is 6.58 Å². The van der Waals surface area contributed by atoms with Crippen LogP contribution < -0.4 is 0 Å². The van der Waals surface area contributed by atoms with Crippen molar-refractivity contribution in [2.75, 3.05) is 0 Å². The Morgan fingerprint density at radius 1 is 1.50 bits per heavy atom. The van der Waals surface area contributed by atoms with E-state index in [0.717, 1.165) is 12.8 Å². The molecule has 86 valence electrons. The normalized spacial score (nSPS) is 43.3. The summed E-state index contributed by atoms with van der Waals surface area (Å²) in [5, 5.41) is 0. The van der Waals surface area contributed by atoms with Gasteiger partial charge in [0.15, 0.2) is 0 Å². The van der Waals surface area contributed by atoms with Crippen molar-refractivity contribution in [1.29, 1.82) is 0 Å². The van der Waals surface area contributed by atoms with E-state index in [1.807, 2.05) is 0 Å². The Morgan fingerprint density at radius 3 is 2.94 bits per heavy atom. The second kappa shape index (κ2) is 3.09. The van der Waals surface area contributed by atoms with Gasteiger partial charge in [0.05, 0.1) is 5.92 Å². The number of carbonyl (C=O) groups excluding carboxylic acids is 2. The average molecular weight is 222 g/mol. The van der Waals surface area contributed by atoms with Crippen molar-refractivity contribution < 1.29 is 19.1 Å². The molecule has 4 unspecified atom stereocenters. The molecule has 16 heavy (non-hydrogen) atoms. The molecular weight excluding hydrogens is 208 g/mol. The molecule has 5 atom stereocenters. The van der Waals surface area contributed by atoms with Crippen molar-refractivity contribution in [3.05, 3.63) is 12.2 Å². The Bertz CT molecular complexity index is 386. The molecule has 0 N–H and O–H groups in total. The number of carbonyl (C=O) groups is 2. The van der Waals surface area contributed by atoms with Crippen molar-refractivity contribution in [2.24, 2.45) is 17.8 Å². The molecular formula is C12H14O4. The van der Waals surface area contributed by atoms with Crippen molar-refractivity contribution in [1.82, 2.24) is 0 Å². The van der Waals surface area contributed by atoms with Gasteiger partial charge >= 0.3 is 11.9 Å². The monoisotopic (exact) mass is 222 g/mol. The first-order valence-corrected chi connectivity index (χ1v) is 5.65. The number of fused-ring (bicyclic) bond motifs is 1. The Hall–Kier alpha value is -1.32. The quantitative estimate of drug-likeness (QED) is 0.517. The molecule has 0 spiro atoms. The van der Waals surface area contributed by atoms with Gasteiger partial charge in [-0.25, -0.2) is 4.79 Å². The largest absolute Gasteiger partial charge is 0.458 e. The second-order valence-electron chi connectivity index (χ2n) is 5.05. The van der Waals surface area contributed by atoms with Gasteiger partial charge in [0.2, 0.25) is 0 Å². The molecule has 1 aliphatic heterocycles. The van der Waals surface area contributed by atoms with Crippen LogP contribution in [0, 0.1) is 17.8 Å². The lowest BCUT2D eigenvalue weighted by Crippen LogP contribution is -2.36. The number of hydrogen-bond acceptors (Lipinski definition) is 4. The summed E-state index contributed by atoms with van der Waals surface area (Å²) in [7, 11) is 0. The molecule has 0 amide bonds. The first kappa shape index (κ1) is 9.87. The maximum atomic E-state index is 11.5. The molecule has 0 aromatic heterocycles. The van der Waals surface area contributed by atoms with Crippen LogP contribution in [0.15, 0.2) is 12.2 Å².